The highest BCUT2D eigenvalue weighted by Gasteiger charge is 2.47. The molecule has 2 aromatic carbocycles. The minimum absolute atomic E-state index is 0.104. The van der Waals surface area contributed by atoms with E-state index in [9.17, 15) is 9.90 Å². The molecule has 0 amide bonds. The van der Waals surface area contributed by atoms with Crippen molar-refractivity contribution >= 4 is 5.97 Å². The predicted octanol–water partition coefficient (Wildman–Crippen LogP) is 2.45. The van der Waals surface area contributed by atoms with Gasteiger partial charge in [-0.1, -0.05) is 60.7 Å². The van der Waals surface area contributed by atoms with Crippen molar-refractivity contribution in [1.29, 1.82) is 0 Å². The molecule has 0 saturated carbocycles. The van der Waals surface area contributed by atoms with E-state index in [-0.39, 0.29) is 13.2 Å². The van der Waals surface area contributed by atoms with Crippen molar-refractivity contribution in [2.75, 3.05) is 13.7 Å². The van der Waals surface area contributed by atoms with Gasteiger partial charge in [0.2, 0.25) is 0 Å². The molecule has 0 aliphatic carbocycles. The van der Waals surface area contributed by atoms with Gasteiger partial charge in [0.15, 0.2) is 6.29 Å². The molecule has 3 rings (SSSR count). The first-order valence-electron chi connectivity index (χ1n) is 9.89. The summed E-state index contributed by atoms with van der Waals surface area (Å²) in [5.41, 5.74) is 1.94. The molecule has 1 heterocycles. The third-order valence-corrected chi connectivity index (χ3v) is 4.87. The molecular formula is C23H28O7. The van der Waals surface area contributed by atoms with Crippen LogP contribution in [0.5, 0.6) is 0 Å². The monoisotopic (exact) mass is 416 g/mol. The zero-order valence-corrected chi connectivity index (χ0v) is 17.2. The zero-order valence-electron chi connectivity index (χ0n) is 17.2. The van der Waals surface area contributed by atoms with Gasteiger partial charge in [-0.3, -0.25) is 4.79 Å². The summed E-state index contributed by atoms with van der Waals surface area (Å²) in [6, 6.07) is 19.3. The Bertz CT molecular complexity index is 768. The first-order valence-corrected chi connectivity index (χ1v) is 9.89. The highest BCUT2D eigenvalue weighted by Crippen LogP contribution is 2.28. The van der Waals surface area contributed by atoms with Crippen molar-refractivity contribution in [2.45, 2.75) is 50.8 Å². The zero-order chi connectivity index (χ0) is 21.3. The number of aliphatic hydroxyl groups is 1. The van der Waals surface area contributed by atoms with Crippen LogP contribution in [0, 0.1) is 0 Å². The van der Waals surface area contributed by atoms with Crippen LogP contribution in [-0.4, -0.2) is 55.5 Å². The lowest BCUT2D eigenvalue weighted by Gasteiger charge is -2.43. The van der Waals surface area contributed by atoms with Gasteiger partial charge in [0, 0.05) is 14.0 Å². The van der Waals surface area contributed by atoms with Crippen LogP contribution in [0.3, 0.4) is 0 Å². The Morgan fingerprint density at radius 2 is 1.47 bits per heavy atom. The number of benzene rings is 2. The van der Waals surface area contributed by atoms with Crippen LogP contribution < -0.4 is 0 Å². The smallest absolute Gasteiger partial charge is 0.302 e. The average Bonchev–Trinajstić information content (AvgIpc) is 2.77. The number of hydrogen-bond donors (Lipinski definition) is 1. The van der Waals surface area contributed by atoms with E-state index in [0.29, 0.717) is 6.61 Å². The second kappa shape index (κ2) is 11.2. The van der Waals surface area contributed by atoms with Crippen LogP contribution in [0.15, 0.2) is 60.7 Å². The van der Waals surface area contributed by atoms with Crippen LogP contribution >= 0.6 is 0 Å². The number of carbonyl (C=O) groups excluding carboxylic acids is 1. The quantitative estimate of drug-likeness (QED) is 0.629. The fourth-order valence-electron chi connectivity index (χ4n) is 3.32. The molecule has 1 aliphatic heterocycles. The second-order valence-electron chi connectivity index (χ2n) is 7.09. The van der Waals surface area contributed by atoms with Gasteiger partial charge < -0.3 is 28.8 Å². The maximum Gasteiger partial charge on any atom is 0.302 e. The Morgan fingerprint density at radius 1 is 0.933 bits per heavy atom. The molecule has 1 fully saturated rings. The molecule has 0 bridgehead atoms. The molecule has 7 heteroatoms. The van der Waals surface area contributed by atoms with Crippen LogP contribution in [0.2, 0.25) is 0 Å². The fourth-order valence-corrected chi connectivity index (χ4v) is 3.32. The lowest BCUT2D eigenvalue weighted by atomic mass is 9.98. The summed E-state index contributed by atoms with van der Waals surface area (Å²) in [5, 5.41) is 10.9. The van der Waals surface area contributed by atoms with Crippen LogP contribution in [0.1, 0.15) is 18.1 Å². The third-order valence-electron chi connectivity index (χ3n) is 4.87. The summed E-state index contributed by atoms with van der Waals surface area (Å²) in [6.07, 6.45) is -4.08. The Hall–Kier alpha value is -2.29. The third kappa shape index (κ3) is 6.10. The molecule has 0 aromatic heterocycles. The van der Waals surface area contributed by atoms with E-state index >= 15 is 0 Å². The largest absolute Gasteiger partial charge is 0.463 e. The molecule has 1 aliphatic rings. The van der Waals surface area contributed by atoms with Crippen molar-refractivity contribution in [1.82, 2.24) is 0 Å². The van der Waals surface area contributed by atoms with Gasteiger partial charge in [-0.05, 0) is 11.1 Å². The van der Waals surface area contributed by atoms with Crippen LogP contribution in [0.4, 0.5) is 0 Å². The van der Waals surface area contributed by atoms with Gasteiger partial charge in [0.25, 0.3) is 0 Å². The predicted molar refractivity (Wildman–Crippen MR) is 108 cm³/mol. The molecular weight excluding hydrogens is 388 g/mol. The maximum atomic E-state index is 11.2. The summed E-state index contributed by atoms with van der Waals surface area (Å²) in [6.45, 7) is 1.79. The van der Waals surface area contributed by atoms with E-state index in [1.54, 1.807) is 0 Å². The Balaban J connectivity index is 1.75. The van der Waals surface area contributed by atoms with E-state index in [2.05, 4.69) is 0 Å². The molecule has 0 spiro atoms. The highest BCUT2D eigenvalue weighted by molar-refractivity contribution is 5.65. The summed E-state index contributed by atoms with van der Waals surface area (Å²) in [4.78, 5) is 11.2. The van der Waals surface area contributed by atoms with Crippen molar-refractivity contribution < 1.29 is 33.6 Å². The van der Waals surface area contributed by atoms with E-state index in [1.165, 1.54) is 14.0 Å². The second-order valence-corrected chi connectivity index (χ2v) is 7.09. The number of esters is 1. The molecule has 5 atom stereocenters. The van der Waals surface area contributed by atoms with E-state index in [1.807, 2.05) is 60.7 Å². The summed E-state index contributed by atoms with van der Waals surface area (Å²) >= 11 is 0. The first kappa shape index (κ1) is 22.4. The van der Waals surface area contributed by atoms with Gasteiger partial charge in [0.1, 0.15) is 31.0 Å². The maximum absolute atomic E-state index is 11.2. The number of aliphatic hydroxyl groups excluding tert-OH is 1. The number of rotatable bonds is 9. The molecule has 0 radical (unpaired) electrons. The Labute approximate surface area is 176 Å². The van der Waals surface area contributed by atoms with E-state index < -0.39 is 36.7 Å². The standard InChI is InChI=1S/C23H28O7/c1-16(24)27-15-19-20(25)21(28-13-17-9-5-3-6-10-17)22(23(26-2)30-19)29-14-18-11-7-4-8-12-18/h3-12,19-23,25H,13-15H2,1-2H3/t19-,20-,21+,22-,23+/m1/s1. The Morgan fingerprint density at radius 3 is 1.97 bits per heavy atom. The molecule has 162 valence electrons. The van der Waals surface area contributed by atoms with Gasteiger partial charge in [0.05, 0.1) is 13.2 Å². The summed E-state index contributed by atoms with van der Waals surface area (Å²) in [7, 11) is 1.50. The number of methoxy groups -OCH3 is 1. The molecule has 0 unspecified atom stereocenters. The SMILES string of the molecule is CO[C@H]1O[C@H](COC(C)=O)[C@@H](O)[C@H](OCc2ccccc2)[C@H]1OCc1ccccc1. The minimum atomic E-state index is -1.07. The average molecular weight is 416 g/mol. The minimum Gasteiger partial charge on any atom is -0.463 e. The van der Waals surface area contributed by atoms with Crippen LogP contribution in [0.25, 0.3) is 0 Å². The topological polar surface area (TPSA) is 83.5 Å². The van der Waals surface area contributed by atoms with Crippen LogP contribution in [-0.2, 0) is 41.7 Å². The number of ether oxygens (including phenoxy) is 5. The van der Waals surface area contributed by atoms with E-state index in [0.717, 1.165) is 11.1 Å². The molecule has 2 aromatic rings. The molecule has 1 N–H and O–H groups in total. The Kier molecular flexibility index (Phi) is 8.36. The van der Waals surface area contributed by atoms with E-state index in [4.69, 9.17) is 23.7 Å². The molecule has 7 nitrogen and oxygen atoms in total. The van der Waals surface area contributed by atoms with Gasteiger partial charge in [-0.15, -0.1) is 0 Å². The normalized spacial score (nSPS) is 26.3. The number of hydrogen-bond acceptors (Lipinski definition) is 7. The van der Waals surface area contributed by atoms with Gasteiger partial charge in [-0.2, -0.15) is 0 Å². The fraction of sp³-hybridized carbons (Fsp3) is 0.435. The van der Waals surface area contributed by atoms with Crippen molar-refractivity contribution in [3.63, 3.8) is 0 Å². The van der Waals surface area contributed by atoms with Crippen molar-refractivity contribution in [3.8, 4) is 0 Å². The van der Waals surface area contributed by atoms with Crippen molar-refractivity contribution in [3.05, 3.63) is 71.8 Å². The first-order chi connectivity index (χ1) is 14.6. The number of carbonyl (C=O) groups is 1. The lowest BCUT2D eigenvalue weighted by Crippen LogP contribution is -2.60. The molecule has 30 heavy (non-hydrogen) atoms. The lowest BCUT2D eigenvalue weighted by molar-refractivity contribution is -0.314. The van der Waals surface area contributed by atoms with Gasteiger partial charge >= 0.3 is 5.97 Å². The summed E-state index contributed by atoms with van der Waals surface area (Å²) in [5.74, 6) is -0.455. The highest BCUT2D eigenvalue weighted by atomic mass is 16.7. The van der Waals surface area contributed by atoms with Crippen molar-refractivity contribution in [2.24, 2.45) is 0 Å². The molecule has 1 saturated heterocycles. The summed E-state index contributed by atoms with van der Waals surface area (Å²) < 4.78 is 28.5. The van der Waals surface area contributed by atoms with Gasteiger partial charge in [-0.25, -0.2) is 0 Å².